The van der Waals surface area contributed by atoms with E-state index in [1.807, 2.05) is 37.3 Å². The van der Waals surface area contributed by atoms with Gasteiger partial charge in [0.15, 0.2) is 11.5 Å². The van der Waals surface area contributed by atoms with Crippen LogP contribution in [0.2, 0.25) is 0 Å². The Morgan fingerprint density at radius 2 is 1.62 bits per heavy atom. The van der Waals surface area contributed by atoms with Gasteiger partial charge in [-0.2, -0.15) is 0 Å². The lowest BCUT2D eigenvalue weighted by Crippen LogP contribution is -2.13. The number of para-hydroxylation sites is 1. The Labute approximate surface area is 152 Å². The van der Waals surface area contributed by atoms with E-state index in [0.29, 0.717) is 17.2 Å². The molecular formula is C20H17NO4S. The minimum atomic E-state index is -3.68. The van der Waals surface area contributed by atoms with Crippen molar-refractivity contribution in [2.45, 2.75) is 11.8 Å². The molecule has 1 aliphatic rings. The molecule has 0 bridgehead atoms. The molecule has 6 heteroatoms. The predicted molar refractivity (Wildman–Crippen MR) is 100.0 cm³/mol. The Balaban J connectivity index is 1.71. The molecule has 0 radical (unpaired) electrons. The van der Waals surface area contributed by atoms with E-state index >= 15 is 0 Å². The number of hydrogen-bond donors (Lipinski definition) is 1. The highest BCUT2D eigenvalue weighted by molar-refractivity contribution is 7.92. The van der Waals surface area contributed by atoms with Gasteiger partial charge in [-0.05, 0) is 42.8 Å². The first-order valence-electron chi connectivity index (χ1n) is 8.11. The second-order valence-electron chi connectivity index (χ2n) is 6.03. The molecule has 0 aliphatic carbocycles. The summed E-state index contributed by atoms with van der Waals surface area (Å²) >= 11 is 0. The van der Waals surface area contributed by atoms with E-state index in [2.05, 4.69) is 4.72 Å². The van der Waals surface area contributed by atoms with Crippen LogP contribution in [0.4, 0.5) is 5.69 Å². The molecule has 1 aliphatic heterocycles. The quantitative estimate of drug-likeness (QED) is 0.751. The van der Waals surface area contributed by atoms with Crippen molar-refractivity contribution >= 4 is 15.7 Å². The van der Waals surface area contributed by atoms with Crippen LogP contribution in [0, 0.1) is 6.92 Å². The Bertz CT molecular complexity index is 1060. The molecule has 26 heavy (non-hydrogen) atoms. The van der Waals surface area contributed by atoms with Crippen molar-refractivity contribution in [1.82, 2.24) is 0 Å². The van der Waals surface area contributed by atoms with Crippen LogP contribution in [0.5, 0.6) is 11.5 Å². The van der Waals surface area contributed by atoms with Crippen LogP contribution in [-0.2, 0) is 10.0 Å². The fourth-order valence-electron chi connectivity index (χ4n) is 2.81. The van der Waals surface area contributed by atoms with E-state index < -0.39 is 10.0 Å². The van der Waals surface area contributed by atoms with Gasteiger partial charge in [0.1, 0.15) is 0 Å². The standard InChI is InChI=1S/C20H17NO4S/c1-14-6-9-16(10-7-14)26(22,23)21-18-5-3-2-4-17(18)15-8-11-19-20(12-15)25-13-24-19/h2-12,21H,13H2,1H3. The van der Waals surface area contributed by atoms with Crippen LogP contribution < -0.4 is 14.2 Å². The molecule has 1 heterocycles. The minimum Gasteiger partial charge on any atom is -0.454 e. The maximum atomic E-state index is 12.7. The maximum Gasteiger partial charge on any atom is 0.261 e. The van der Waals surface area contributed by atoms with Gasteiger partial charge >= 0.3 is 0 Å². The van der Waals surface area contributed by atoms with Gasteiger partial charge in [0.05, 0.1) is 10.6 Å². The maximum absolute atomic E-state index is 12.7. The Morgan fingerprint density at radius 3 is 2.42 bits per heavy atom. The number of sulfonamides is 1. The summed E-state index contributed by atoms with van der Waals surface area (Å²) in [5.41, 5.74) is 3.12. The highest BCUT2D eigenvalue weighted by Gasteiger charge is 2.18. The largest absolute Gasteiger partial charge is 0.454 e. The summed E-state index contributed by atoms with van der Waals surface area (Å²) in [5.74, 6) is 1.34. The van der Waals surface area contributed by atoms with Gasteiger partial charge in [0, 0.05) is 5.56 Å². The zero-order valence-corrected chi connectivity index (χ0v) is 14.9. The van der Waals surface area contributed by atoms with Gasteiger partial charge in [-0.1, -0.05) is 42.0 Å². The molecular weight excluding hydrogens is 350 g/mol. The molecule has 0 amide bonds. The minimum absolute atomic E-state index is 0.195. The van der Waals surface area contributed by atoms with E-state index in [0.717, 1.165) is 16.7 Å². The summed E-state index contributed by atoms with van der Waals surface area (Å²) in [6, 6.07) is 19.6. The topological polar surface area (TPSA) is 64.6 Å². The normalized spacial score (nSPS) is 12.8. The zero-order chi connectivity index (χ0) is 18.1. The van der Waals surface area contributed by atoms with E-state index in [4.69, 9.17) is 9.47 Å². The first-order chi connectivity index (χ1) is 12.5. The lowest BCUT2D eigenvalue weighted by atomic mass is 10.0. The van der Waals surface area contributed by atoms with Crippen LogP contribution >= 0.6 is 0 Å². The molecule has 0 spiro atoms. The van der Waals surface area contributed by atoms with Gasteiger partial charge in [0.25, 0.3) is 10.0 Å². The number of hydrogen-bond acceptors (Lipinski definition) is 4. The number of rotatable bonds is 4. The van der Waals surface area contributed by atoms with E-state index in [1.165, 1.54) is 0 Å². The van der Waals surface area contributed by atoms with Crippen molar-refractivity contribution in [3.63, 3.8) is 0 Å². The van der Waals surface area contributed by atoms with Crippen LogP contribution in [0.3, 0.4) is 0 Å². The lowest BCUT2D eigenvalue weighted by Gasteiger charge is -2.13. The number of nitrogens with one attached hydrogen (secondary N) is 1. The Hall–Kier alpha value is -2.99. The number of aryl methyl sites for hydroxylation is 1. The number of benzene rings is 3. The third kappa shape index (κ3) is 3.11. The first-order valence-corrected chi connectivity index (χ1v) is 9.60. The molecule has 3 aromatic carbocycles. The summed E-state index contributed by atoms with van der Waals surface area (Å²) in [7, 11) is -3.68. The van der Waals surface area contributed by atoms with Gasteiger partial charge in [-0.3, -0.25) is 4.72 Å². The SMILES string of the molecule is Cc1ccc(S(=O)(=O)Nc2ccccc2-c2ccc3c(c2)OCO3)cc1. The second kappa shape index (κ2) is 6.38. The van der Waals surface area contributed by atoms with Crippen molar-refractivity contribution in [3.05, 3.63) is 72.3 Å². The van der Waals surface area contributed by atoms with Gasteiger partial charge in [-0.15, -0.1) is 0 Å². The fourth-order valence-corrected chi connectivity index (χ4v) is 3.89. The fraction of sp³-hybridized carbons (Fsp3) is 0.100. The predicted octanol–water partition coefficient (Wildman–Crippen LogP) is 4.19. The lowest BCUT2D eigenvalue weighted by molar-refractivity contribution is 0.174. The van der Waals surface area contributed by atoms with Crippen molar-refractivity contribution in [2.24, 2.45) is 0 Å². The highest BCUT2D eigenvalue weighted by Crippen LogP contribution is 2.38. The summed E-state index contributed by atoms with van der Waals surface area (Å²) in [4.78, 5) is 0.226. The van der Waals surface area contributed by atoms with Crippen molar-refractivity contribution < 1.29 is 17.9 Å². The molecule has 5 nitrogen and oxygen atoms in total. The number of anilines is 1. The van der Waals surface area contributed by atoms with Gasteiger partial charge < -0.3 is 9.47 Å². The number of fused-ring (bicyclic) bond motifs is 1. The second-order valence-corrected chi connectivity index (χ2v) is 7.71. The molecule has 132 valence electrons. The molecule has 0 atom stereocenters. The average Bonchev–Trinajstić information content (AvgIpc) is 3.10. The molecule has 1 N–H and O–H groups in total. The van der Waals surface area contributed by atoms with Crippen molar-refractivity contribution in [3.8, 4) is 22.6 Å². The van der Waals surface area contributed by atoms with E-state index in [9.17, 15) is 8.42 Å². The van der Waals surface area contributed by atoms with Crippen molar-refractivity contribution in [1.29, 1.82) is 0 Å². The highest BCUT2D eigenvalue weighted by atomic mass is 32.2. The molecule has 0 fully saturated rings. The average molecular weight is 367 g/mol. The van der Waals surface area contributed by atoms with Crippen LogP contribution in [0.1, 0.15) is 5.56 Å². The Kier molecular flexibility index (Phi) is 4.05. The third-order valence-electron chi connectivity index (χ3n) is 4.19. The summed E-state index contributed by atoms with van der Waals surface area (Å²) in [6.45, 7) is 2.11. The van der Waals surface area contributed by atoms with Gasteiger partial charge in [-0.25, -0.2) is 8.42 Å². The van der Waals surface area contributed by atoms with Crippen LogP contribution in [-0.4, -0.2) is 15.2 Å². The van der Waals surface area contributed by atoms with E-state index in [-0.39, 0.29) is 11.7 Å². The molecule has 0 unspecified atom stereocenters. The third-order valence-corrected chi connectivity index (χ3v) is 5.57. The van der Waals surface area contributed by atoms with E-state index in [1.54, 1.807) is 36.4 Å². The summed E-state index contributed by atoms with van der Waals surface area (Å²) < 4.78 is 38.9. The zero-order valence-electron chi connectivity index (χ0n) is 14.1. The monoisotopic (exact) mass is 367 g/mol. The molecule has 0 aromatic heterocycles. The van der Waals surface area contributed by atoms with Crippen LogP contribution in [0.15, 0.2) is 71.6 Å². The molecule has 4 rings (SSSR count). The van der Waals surface area contributed by atoms with Crippen LogP contribution in [0.25, 0.3) is 11.1 Å². The summed E-state index contributed by atoms with van der Waals surface area (Å²) in [5, 5.41) is 0. The number of ether oxygens (including phenoxy) is 2. The first kappa shape index (κ1) is 16.5. The molecule has 0 saturated heterocycles. The summed E-state index contributed by atoms with van der Waals surface area (Å²) in [6.07, 6.45) is 0. The van der Waals surface area contributed by atoms with Crippen molar-refractivity contribution in [2.75, 3.05) is 11.5 Å². The Morgan fingerprint density at radius 1 is 0.885 bits per heavy atom. The molecule has 0 saturated carbocycles. The molecule has 3 aromatic rings. The van der Waals surface area contributed by atoms with Gasteiger partial charge in [0.2, 0.25) is 6.79 Å². The smallest absolute Gasteiger partial charge is 0.261 e.